The van der Waals surface area contributed by atoms with Gasteiger partial charge in [0.25, 0.3) is 10.1 Å². The minimum atomic E-state index is -4.48. The second-order valence-corrected chi connectivity index (χ2v) is 7.08. The number of benzene rings is 1. The molecule has 1 rings (SSSR count). The summed E-state index contributed by atoms with van der Waals surface area (Å²) in [6.07, 6.45) is -0.592. The fraction of sp³-hybridized carbons (Fsp3) is 0.364. The first-order chi connectivity index (χ1) is 9.54. The van der Waals surface area contributed by atoms with Crippen molar-refractivity contribution in [3.8, 4) is 0 Å². The normalized spacial score (nSPS) is 14.7. The van der Waals surface area contributed by atoms with E-state index in [1.807, 2.05) is 0 Å². The molecule has 10 heteroatoms. The van der Waals surface area contributed by atoms with E-state index in [9.17, 15) is 26.4 Å². The standard InChI is InChI=1S/C11H13FO7S2/c1-6(21(17,18)19)4-9-8(11(13)14)3-2-7(10(9)12)5-20(15)16/h2-3,6H,4-5H2,1H3,(H,13,14)(H,15,16)(H,17,18,19)/p-1. The van der Waals surface area contributed by atoms with Crippen LogP contribution >= 0.6 is 0 Å². The first kappa shape index (κ1) is 17.7. The van der Waals surface area contributed by atoms with E-state index in [1.54, 1.807) is 0 Å². The number of carboxylic acid groups (broad SMARTS) is 1. The summed E-state index contributed by atoms with van der Waals surface area (Å²) in [5, 5.41) is 7.55. The van der Waals surface area contributed by atoms with Crippen LogP contribution in [0.15, 0.2) is 12.1 Å². The fourth-order valence-electron chi connectivity index (χ4n) is 1.70. The molecule has 2 N–H and O–H groups in total. The van der Waals surface area contributed by atoms with Crippen LogP contribution in [-0.4, -0.2) is 38.1 Å². The molecule has 0 aromatic heterocycles. The third-order valence-electron chi connectivity index (χ3n) is 2.83. The summed E-state index contributed by atoms with van der Waals surface area (Å²) in [6, 6.07) is 2.01. The number of hydrogen-bond acceptors (Lipinski definition) is 5. The zero-order valence-electron chi connectivity index (χ0n) is 10.8. The van der Waals surface area contributed by atoms with E-state index in [0.717, 1.165) is 19.1 Å². The van der Waals surface area contributed by atoms with Crippen LogP contribution in [0.25, 0.3) is 0 Å². The van der Waals surface area contributed by atoms with Crippen LogP contribution in [0.4, 0.5) is 4.39 Å². The number of rotatable bonds is 6. The van der Waals surface area contributed by atoms with E-state index in [2.05, 4.69) is 0 Å². The lowest BCUT2D eigenvalue weighted by Crippen LogP contribution is -2.22. The van der Waals surface area contributed by atoms with Crippen LogP contribution in [0.5, 0.6) is 0 Å². The molecular weight excluding hydrogens is 327 g/mol. The van der Waals surface area contributed by atoms with Gasteiger partial charge in [0, 0.05) is 11.3 Å². The topological polar surface area (TPSA) is 132 Å². The zero-order valence-corrected chi connectivity index (χ0v) is 12.4. The van der Waals surface area contributed by atoms with E-state index in [-0.39, 0.29) is 5.56 Å². The summed E-state index contributed by atoms with van der Waals surface area (Å²) in [5.41, 5.74) is -1.22. The molecule has 0 spiro atoms. The van der Waals surface area contributed by atoms with Gasteiger partial charge >= 0.3 is 5.97 Å². The maximum atomic E-state index is 14.2. The molecule has 0 aliphatic carbocycles. The summed E-state index contributed by atoms with van der Waals surface area (Å²) in [6.45, 7) is 1.08. The van der Waals surface area contributed by atoms with Crippen LogP contribution in [0.3, 0.4) is 0 Å². The van der Waals surface area contributed by atoms with Crippen molar-refractivity contribution in [1.82, 2.24) is 0 Å². The van der Waals surface area contributed by atoms with Crippen LogP contribution in [-0.2, 0) is 33.4 Å². The van der Waals surface area contributed by atoms with Crippen LogP contribution in [0, 0.1) is 5.82 Å². The van der Waals surface area contributed by atoms with Gasteiger partial charge in [-0.2, -0.15) is 8.42 Å². The number of carbonyl (C=O) groups is 1. The van der Waals surface area contributed by atoms with E-state index < -0.39 is 61.5 Å². The Bertz CT molecular complexity index is 684. The first-order valence-electron chi connectivity index (χ1n) is 5.59. The van der Waals surface area contributed by atoms with E-state index in [4.69, 9.17) is 9.66 Å². The Balaban J connectivity index is 3.37. The van der Waals surface area contributed by atoms with Crippen LogP contribution < -0.4 is 0 Å². The second kappa shape index (κ2) is 6.60. The van der Waals surface area contributed by atoms with Gasteiger partial charge in [-0.1, -0.05) is 17.1 Å². The predicted octanol–water partition coefficient (Wildman–Crippen LogP) is 0.722. The van der Waals surface area contributed by atoms with Crippen molar-refractivity contribution in [2.75, 3.05) is 0 Å². The maximum absolute atomic E-state index is 14.2. The highest BCUT2D eigenvalue weighted by Crippen LogP contribution is 2.22. The molecule has 0 fully saturated rings. The lowest BCUT2D eigenvalue weighted by atomic mass is 9.99. The number of aromatic carboxylic acids is 1. The van der Waals surface area contributed by atoms with Gasteiger partial charge in [0.2, 0.25) is 0 Å². The predicted molar refractivity (Wildman–Crippen MR) is 70.7 cm³/mol. The molecule has 21 heavy (non-hydrogen) atoms. The highest BCUT2D eigenvalue weighted by Gasteiger charge is 2.24. The molecule has 0 bridgehead atoms. The molecule has 0 aliphatic rings. The van der Waals surface area contributed by atoms with Gasteiger partial charge in [-0.25, -0.2) is 9.18 Å². The van der Waals surface area contributed by atoms with Crippen molar-refractivity contribution in [3.05, 3.63) is 34.6 Å². The smallest absolute Gasteiger partial charge is 0.336 e. The number of hydrogen-bond donors (Lipinski definition) is 2. The summed E-state index contributed by atoms with van der Waals surface area (Å²) in [5.74, 6) is -3.25. The van der Waals surface area contributed by atoms with Gasteiger partial charge < -0.3 is 9.66 Å². The lowest BCUT2D eigenvalue weighted by Gasteiger charge is -2.15. The van der Waals surface area contributed by atoms with Crippen LogP contribution in [0.2, 0.25) is 0 Å². The Morgan fingerprint density at radius 2 is 2.05 bits per heavy atom. The third kappa shape index (κ3) is 4.56. The van der Waals surface area contributed by atoms with E-state index in [1.165, 1.54) is 0 Å². The number of carboxylic acids is 1. The van der Waals surface area contributed by atoms with Crippen molar-refractivity contribution in [1.29, 1.82) is 0 Å². The highest BCUT2D eigenvalue weighted by molar-refractivity contribution is 7.86. The second-order valence-electron chi connectivity index (χ2n) is 4.35. The molecule has 0 amide bonds. The molecule has 0 aliphatic heterocycles. The van der Waals surface area contributed by atoms with Gasteiger partial charge in [0.15, 0.2) is 0 Å². The number of halogens is 1. The van der Waals surface area contributed by atoms with Gasteiger partial charge in [-0.3, -0.25) is 8.76 Å². The largest absolute Gasteiger partial charge is 0.772 e. The SMILES string of the molecule is CC(Cc1c(C(=O)O)ccc(CS(=O)[O-])c1F)S(=O)(=O)O. The van der Waals surface area contributed by atoms with Gasteiger partial charge in [0.05, 0.1) is 10.8 Å². The van der Waals surface area contributed by atoms with Crippen molar-refractivity contribution < 1.29 is 36.0 Å². The Labute approximate surface area is 122 Å². The third-order valence-corrected chi connectivity index (χ3v) is 4.56. The fourth-order valence-corrected chi connectivity index (χ4v) is 2.56. The van der Waals surface area contributed by atoms with Gasteiger partial charge in [-0.15, -0.1) is 0 Å². The summed E-state index contributed by atoms with van der Waals surface area (Å²) >= 11 is -2.59. The average Bonchev–Trinajstić information content (AvgIpc) is 2.31. The van der Waals surface area contributed by atoms with Gasteiger partial charge in [-0.05, 0) is 25.0 Å². The summed E-state index contributed by atoms with van der Waals surface area (Å²) in [4.78, 5) is 11.0. The molecular formula is C11H12FO7S2-. The summed E-state index contributed by atoms with van der Waals surface area (Å²) in [7, 11) is -4.48. The Hall–Kier alpha value is -1.36. The Morgan fingerprint density at radius 3 is 2.48 bits per heavy atom. The molecule has 7 nitrogen and oxygen atoms in total. The molecule has 1 aromatic rings. The molecule has 2 unspecified atom stereocenters. The van der Waals surface area contributed by atoms with E-state index in [0.29, 0.717) is 0 Å². The molecule has 1 aromatic carbocycles. The molecule has 0 saturated heterocycles. The molecule has 0 radical (unpaired) electrons. The van der Waals surface area contributed by atoms with Crippen LogP contribution in [0.1, 0.15) is 28.4 Å². The van der Waals surface area contributed by atoms with Crippen molar-refractivity contribution >= 4 is 27.2 Å². The lowest BCUT2D eigenvalue weighted by molar-refractivity contribution is 0.0695. The Morgan fingerprint density at radius 1 is 1.48 bits per heavy atom. The molecule has 2 atom stereocenters. The molecule has 118 valence electrons. The van der Waals surface area contributed by atoms with E-state index >= 15 is 0 Å². The molecule has 0 heterocycles. The average molecular weight is 339 g/mol. The first-order valence-corrected chi connectivity index (χ1v) is 8.34. The van der Waals surface area contributed by atoms with Crippen molar-refractivity contribution in [3.63, 3.8) is 0 Å². The minimum Gasteiger partial charge on any atom is -0.772 e. The molecule has 0 saturated carbocycles. The Kier molecular flexibility index (Phi) is 5.56. The highest BCUT2D eigenvalue weighted by atomic mass is 32.2. The monoisotopic (exact) mass is 339 g/mol. The minimum absolute atomic E-state index is 0.272. The zero-order chi connectivity index (χ0) is 16.4. The summed E-state index contributed by atoms with van der Waals surface area (Å²) < 4.78 is 66.3. The van der Waals surface area contributed by atoms with Crippen molar-refractivity contribution in [2.24, 2.45) is 0 Å². The van der Waals surface area contributed by atoms with Crippen molar-refractivity contribution in [2.45, 2.75) is 24.3 Å². The maximum Gasteiger partial charge on any atom is 0.336 e. The van der Waals surface area contributed by atoms with Gasteiger partial charge in [0.1, 0.15) is 5.82 Å². The quantitative estimate of drug-likeness (QED) is 0.576.